The van der Waals surface area contributed by atoms with Crippen LogP contribution < -0.4 is 21.3 Å². The Labute approximate surface area is 206 Å². The van der Waals surface area contributed by atoms with Crippen LogP contribution in [0.1, 0.15) is 44.9 Å². The normalized spacial score (nSPS) is 22.4. The lowest BCUT2D eigenvalue weighted by Crippen LogP contribution is -2.57. The number of Topliss-reactive ketones (excluding diaryl/α,β-unsaturated/α-hetero) is 1. The van der Waals surface area contributed by atoms with Crippen LogP contribution in [0.2, 0.25) is 0 Å². The highest BCUT2D eigenvalue weighted by Gasteiger charge is 2.64. The van der Waals surface area contributed by atoms with E-state index in [1.54, 1.807) is 5.32 Å². The van der Waals surface area contributed by atoms with Gasteiger partial charge in [0.1, 0.15) is 18.2 Å². The summed E-state index contributed by atoms with van der Waals surface area (Å²) < 4.78 is 80.1. The molecule has 1 heterocycles. The molecule has 3 atom stereocenters. The Morgan fingerprint density at radius 1 is 0.946 bits per heavy atom. The first kappa shape index (κ1) is 28.7. The van der Waals surface area contributed by atoms with Crippen LogP contribution in [-0.4, -0.2) is 72.7 Å². The number of rotatable bonds is 11. The fraction of sp³-hybridized carbons (Fsp3) is 0.762. The largest absolute Gasteiger partial charge is 0.522 e. The van der Waals surface area contributed by atoms with Crippen molar-refractivity contribution in [2.45, 2.75) is 75.1 Å². The number of carbonyl (C=O) groups excluding carboxylic acids is 5. The minimum Gasteiger partial charge on any atom is -0.356 e. The van der Waals surface area contributed by atoms with Gasteiger partial charge in [-0.3, -0.25) is 28.7 Å². The molecule has 0 aromatic heterocycles. The maximum atomic E-state index is 13.1. The van der Waals surface area contributed by atoms with E-state index in [-0.39, 0.29) is 31.7 Å². The van der Waals surface area contributed by atoms with E-state index in [4.69, 9.17) is 0 Å². The summed E-state index contributed by atoms with van der Waals surface area (Å²) in [4.78, 5) is 61.7. The van der Waals surface area contributed by atoms with Crippen LogP contribution in [0, 0.1) is 11.8 Å². The van der Waals surface area contributed by atoms with Crippen LogP contribution in [0.25, 0.3) is 0 Å². The lowest BCUT2D eigenvalue weighted by molar-refractivity contribution is -0.321. The molecule has 16 heteroatoms. The first-order valence-electron chi connectivity index (χ1n) is 11.6. The first-order chi connectivity index (χ1) is 17.1. The zero-order valence-electron chi connectivity index (χ0n) is 19.4. The molecule has 0 spiro atoms. The van der Waals surface area contributed by atoms with E-state index < -0.39 is 84.9 Å². The Morgan fingerprint density at radius 3 is 2.08 bits per heavy atom. The molecule has 0 aromatic carbocycles. The van der Waals surface area contributed by atoms with Gasteiger partial charge in [-0.25, -0.2) is 0 Å². The molecular formula is C21H26F6N4O6. The number of halogens is 6. The summed E-state index contributed by atoms with van der Waals surface area (Å²) in [5.41, 5.74) is -2.51. The van der Waals surface area contributed by atoms with Gasteiger partial charge in [-0.2, -0.15) is 13.2 Å². The monoisotopic (exact) mass is 544 g/mol. The van der Waals surface area contributed by atoms with Gasteiger partial charge in [-0.05, 0) is 38.0 Å². The van der Waals surface area contributed by atoms with E-state index >= 15 is 0 Å². The average molecular weight is 544 g/mol. The highest BCUT2D eigenvalue weighted by atomic mass is 19.4. The Hall–Kier alpha value is -2.91. The summed E-state index contributed by atoms with van der Waals surface area (Å²) in [5, 5.41) is 8.41. The lowest BCUT2D eigenvalue weighted by atomic mass is 9.95. The molecule has 3 fully saturated rings. The predicted octanol–water partition coefficient (Wildman–Crippen LogP) is 0.599. The summed E-state index contributed by atoms with van der Waals surface area (Å²) in [6.07, 6.45) is -9.44. The second-order valence-electron chi connectivity index (χ2n) is 9.51. The fourth-order valence-corrected chi connectivity index (χ4v) is 3.97. The molecule has 3 unspecified atom stereocenters. The highest BCUT2D eigenvalue weighted by Crippen LogP contribution is 2.48. The molecule has 3 aliphatic rings. The molecule has 208 valence electrons. The van der Waals surface area contributed by atoms with Crippen LogP contribution in [0.3, 0.4) is 0 Å². The summed E-state index contributed by atoms with van der Waals surface area (Å²) in [6, 6.07) is -3.04. The Morgan fingerprint density at radius 2 is 1.59 bits per heavy atom. The summed E-state index contributed by atoms with van der Waals surface area (Å²) in [5.74, 6) is -6.60. The van der Waals surface area contributed by atoms with Crippen molar-refractivity contribution in [1.29, 1.82) is 0 Å². The third kappa shape index (κ3) is 8.04. The molecule has 4 N–H and O–H groups in total. The van der Waals surface area contributed by atoms with E-state index in [0.717, 1.165) is 0 Å². The average Bonchev–Trinajstić information content (AvgIpc) is 3.71. The fourth-order valence-electron chi connectivity index (χ4n) is 3.97. The van der Waals surface area contributed by atoms with E-state index in [1.165, 1.54) is 0 Å². The molecule has 4 amide bonds. The molecule has 10 nitrogen and oxygen atoms in total. The van der Waals surface area contributed by atoms with Gasteiger partial charge in [0.25, 0.3) is 0 Å². The second kappa shape index (κ2) is 10.8. The van der Waals surface area contributed by atoms with Crippen LogP contribution in [-0.2, 0) is 28.7 Å². The van der Waals surface area contributed by atoms with Gasteiger partial charge in [-0.15, -0.1) is 13.2 Å². The van der Waals surface area contributed by atoms with Crippen molar-refractivity contribution in [3.63, 3.8) is 0 Å². The van der Waals surface area contributed by atoms with Crippen molar-refractivity contribution in [2.24, 2.45) is 11.8 Å². The Kier molecular flexibility index (Phi) is 8.39. The number of amides is 4. The minimum atomic E-state index is -5.12. The number of nitrogens with one attached hydrogen (secondary N) is 4. The highest BCUT2D eigenvalue weighted by molar-refractivity contribution is 6.35. The van der Waals surface area contributed by atoms with Gasteiger partial charge >= 0.3 is 24.4 Å². The SMILES string of the molecule is O=C(NC(CC1CC1)C(=O)NC(CC1CCNC1=O)C(=O)COC(F)(F)F)C(=O)NC1(C(F)(F)F)CC1. The number of alkyl halides is 6. The molecule has 0 bridgehead atoms. The molecule has 0 aromatic rings. The van der Waals surface area contributed by atoms with Crippen LogP contribution in [0.4, 0.5) is 26.3 Å². The standard InChI is InChI=1S/C21H26F6N4O6/c22-20(23,24)19(4-5-19)31-18(36)17(35)30-13(7-10-1-2-10)16(34)29-12(8-11-3-6-28-15(11)33)14(32)9-37-21(25,26)27/h10-13H,1-9H2,(H,28,33)(H,29,34)(H,30,35)(H,31,36). The number of hydrogen-bond donors (Lipinski definition) is 4. The van der Waals surface area contributed by atoms with E-state index in [0.29, 0.717) is 12.8 Å². The number of ether oxygens (including phenoxy) is 1. The topological polar surface area (TPSA) is 143 Å². The molecule has 1 aliphatic heterocycles. The van der Waals surface area contributed by atoms with Crippen molar-refractivity contribution in [3.8, 4) is 0 Å². The van der Waals surface area contributed by atoms with E-state index in [9.17, 15) is 50.3 Å². The second-order valence-corrected chi connectivity index (χ2v) is 9.51. The third-order valence-corrected chi connectivity index (χ3v) is 6.51. The van der Waals surface area contributed by atoms with Crippen LogP contribution in [0.15, 0.2) is 0 Å². The van der Waals surface area contributed by atoms with Gasteiger partial charge in [0.15, 0.2) is 5.78 Å². The van der Waals surface area contributed by atoms with Crippen LogP contribution >= 0.6 is 0 Å². The minimum absolute atomic E-state index is 0.0147. The molecule has 37 heavy (non-hydrogen) atoms. The van der Waals surface area contributed by atoms with Crippen molar-refractivity contribution in [1.82, 2.24) is 21.3 Å². The quantitative estimate of drug-likeness (QED) is 0.222. The number of hydrogen-bond acceptors (Lipinski definition) is 6. The number of ketones is 1. The zero-order valence-corrected chi connectivity index (χ0v) is 19.4. The molecule has 2 aliphatic carbocycles. The van der Waals surface area contributed by atoms with Gasteiger partial charge in [0.2, 0.25) is 11.8 Å². The maximum absolute atomic E-state index is 13.1. The van der Waals surface area contributed by atoms with Crippen molar-refractivity contribution >= 4 is 29.4 Å². The first-order valence-corrected chi connectivity index (χ1v) is 11.6. The predicted molar refractivity (Wildman–Crippen MR) is 110 cm³/mol. The van der Waals surface area contributed by atoms with Gasteiger partial charge < -0.3 is 21.3 Å². The van der Waals surface area contributed by atoms with Gasteiger partial charge in [0, 0.05) is 12.5 Å². The van der Waals surface area contributed by atoms with Crippen molar-refractivity contribution < 1.29 is 55.1 Å². The molecule has 1 saturated heterocycles. The van der Waals surface area contributed by atoms with E-state index in [1.807, 2.05) is 0 Å². The molecule has 2 saturated carbocycles. The smallest absolute Gasteiger partial charge is 0.356 e. The lowest BCUT2D eigenvalue weighted by Gasteiger charge is -2.25. The molecule has 3 rings (SSSR count). The summed E-state index contributed by atoms with van der Waals surface area (Å²) >= 11 is 0. The zero-order chi connectivity index (χ0) is 27.6. The maximum Gasteiger partial charge on any atom is 0.522 e. The molecular weight excluding hydrogens is 518 g/mol. The Bertz CT molecular complexity index is 931. The van der Waals surface area contributed by atoms with Crippen molar-refractivity contribution in [3.05, 3.63) is 0 Å². The van der Waals surface area contributed by atoms with Gasteiger partial charge in [0.05, 0.1) is 6.04 Å². The Balaban J connectivity index is 1.67. The number of carbonyl (C=O) groups is 5. The van der Waals surface area contributed by atoms with Crippen LogP contribution in [0.5, 0.6) is 0 Å². The van der Waals surface area contributed by atoms with Crippen molar-refractivity contribution in [2.75, 3.05) is 13.2 Å². The summed E-state index contributed by atoms with van der Waals surface area (Å²) in [7, 11) is 0. The van der Waals surface area contributed by atoms with Gasteiger partial charge in [-0.1, -0.05) is 12.8 Å². The van der Waals surface area contributed by atoms with E-state index in [2.05, 4.69) is 20.7 Å². The summed E-state index contributed by atoms with van der Waals surface area (Å²) in [6.45, 7) is -1.17. The molecule has 0 radical (unpaired) electrons. The third-order valence-electron chi connectivity index (χ3n) is 6.51.